The van der Waals surface area contributed by atoms with E-state index in [1.165, 1.54) is 19.2 Å². The van der Waals surface area contributed by atoms with E-state index in [0.717, 1.165) is 5.56 Å². The fourth-order valence-corrected chi connectivity index (χ4v) is 2.41. The van der Waals surface area contributed by atoms with Gasteiger partial charge in [0.25, 0.3) is 0 Å². The summed E-state index contributed by atoms with van der Waals surface area (Å²) in [6.07, 6.45) is 0. The van der Waals surface area contributed by atoms with Gasteiger partial charge in [0.05, 0.1) is 23.8 Å². The van der Waals surface area contributed by atoms with Crippen LogP contribution in [0, 0.1) is 18.3 Å². The summed E-state index contributed by atoms with van der Waals surface area (Å²) in [5.41, 5.74) is 1.09. The van der Waals surface area contributed by atoms with Crippen LogP contribution in [-0.4, -0.2) is 19.7 Å². The Morgan fingerprint density at radius 3 is 2.58 bits per heavy atom. The van der Waals surface area contributed by atoms with Crippen molar-refractivity contribution >= 4 is 29.2 Å². The molecule has 7 heteroatoms. The van der Waals surface area contributed by atoms with Crippen molar-refractivity contribution in [3.05, 3.63) is 51.5 Å². The summed E-state index contributed by atoms with van der Waals surface area (Å²) < 4.78 is 15.7. The molecule has 0 atom stereocenters. The number of ether oxygens (including phenoxy) is 3. The van der Waals surface area contributed by atoms with Crippen LogP contribution in [0.25, 0.3) is 0 Å². The Labute approximate surface area is 149 Å². The molecule has 5 nitrogen and oxygen atoms in total. The summed E-state index contributed by atoms with van der Waals surface area (Å²) in [6.45, 7) is 1.50. The first-order valence-electron chi connectivity index (χ1n) is 6.82. The molecule has 0 spiro atoms. The van der Waals surface area contributed by atoms with Crippen LogP contribution in [0.3, 0.4) is 0 Å². The second-order valence-corrected chi connectivity index (χ2v) is 5.62. The summed E-state index contributed by atoms with van der Waals surface area (Å²) >= 11 is 11.9. The minimum absolute atomic E-state index is 0.0413. The normalized spacial score (nSPS) is 9.96. The zero-order valence-electron chi connectivity index (χ0n) is 12.9. The Hall–Kier alpha value is -2.42. The molecule has 0 aliphatic rings. The quantitative estimate of drug-likeness (QED) is 0.587. The van der Waals surface area contributed by atoms with E-state index >= 15 is 0 Å². The highest BCUT2D eigenvalue weighted by atomic mass is 35.5. The van der Waals surface area contributed by atoms with Crippen molar-refractivity contribution in [2.45, 2.75) is 6.92 Å². The Balaban J connectivity index is 2.09. The van der Waals surface area contributed by atoms with Gasteiger partial charge in [-0.2, -0.15) is 5.26 Å². The second-order valence-electron chi connectivity index (χ2n) is 4.77. The summed E-state index contributed by atoms with van der Waals surface area (Å²) in [5.74, 6) is 0.0955. The average molecular weight is 366 g/mol. The van der Waals surface area contributed by atoms with Gasteiger partial charge < -0.3 is 14.2 Å². The van der Waals surface area contributed by atoms with Gasteiger partial charge in [-0.05, 0) is 36.8 Å². The second kappa shape index (κ2) is 7.91. The topological polar surface area (TPSA) is 68.5 Å². The maximum Gasteiger partial charge on any atom is 0.349 e. The highest BCUT2D eigenvalue weighted by Gasteiger charge is 2.16. The summed E-state index contributed by atoms with van der Waals surface area (Å²) in [6, 6.07) is 9.81. The van der Waals surface area contributed by atoms with Crippen molar-refractivity contribution in [2.24, 2.45) is 0 Å². The van der Waals surface area contributed by atoms with E-state index in [-0.39, 0.29) is 23.1 Å². The predicted octanol–water partition coefficient (Wildman–Crippen LogP) is 4.17. The van der Waals surface area contributed by atoms with Gasteiger partial charge in [0, 0.05) is 11.1 Å². The monoisotopic (exact) mass is 365 g/mol. The van der Waals surface area contributed by atoms with Crippen molar-refractivity contribution in [1.29, 1.82) is 5.26 Å². The number of carbonyl (C=O) groups excluding carboxylic acids is 1. The van der Waals surface area contributed by atoms with E-state index in [1.54, 1.807) is 18.2 Å². The van der Waals surface area contributed by atoms with Crippen LogP contribution in [0.15, 0.2) is 30.3 Å². The number of aryl methyl sites for hydroxylation is 1. The number of esters is 1. The molecule has 0 amide bonds. The number of rotatable bonds is 5. The van der Waals surface area contributed by atoms with Gasteiger partial charge in [0.1, 0.15) is 5.75 Å². The lowest BCUT2D eigenvalue weighted by Gasteiger charge is -2.12. The SMILES string of the molecule is COc1cc(C#N)cc(Cl)c1OC(=O)COc1ccc(Cl)cc1C. The van der Waals surface area contributed by atoms with Crippen LogP contribution < -0.4 is 14.2 Å². The standard InChI is InChI=1S/C17H13Cl2NO4/c1-10-5-12(18)3-4-14(10)23-9-16(21)24-17-13(19)6-11(8-20)7-15(17)22-2/h3-7H,9H2,1-2H3. The zero-order valence-corrected chi connectivity index (χ0v) is 14.4. The lowest BCUT2D eigenvalue weighted by molar-refractivity contribution is -0.136. The van der Waals surface area contributed by atoms with Gasteiger partial charge >= 0.3 is 5.97 Å². The molecule has 0 radical (unpaired) electrons. The van der Waals surface area contributed by atoms with E-state index in [2.05, 4.69) is 0 Å². The van der Waals surface area contributed by atoms with Gasteiger partial charge in [-0.15, -0.1) is 0 Å². The van der Waals surface area contributed by atoms with Crippen LogP contribution in [0.1, 0.15) is 11.1 Å². The third-order valence-corrected chi connectivity index (χ3v) is 3.57. The molecule has 24 heavy (non-hydrogen) atoms. The van der Waals surface area contributed by atoms with Crippen LogP contribution in [0.4, 0.5) is 0 Å². The van der Waals surface area contributed by atoms with Crippen molar-refractivity contribution < 1.29 is 19.0 Å². The summed E-state index contributed by atoms with van der Waals surface area (Å²) in [4.78, 5) is 12.0. The molecule has 0 aliphatic carbocycles. The van der Waals surface area contributed by atoms with Crippen LogP contribution in [-0.2, 0) is 4.79 Å². The first kappa shape index (κ1) is 17.9. The van der Waals surface area contributed by atoms with E-state index in [1.807, 2.05) is 13.0 Å². The fraction of sp³-hybridized carbons (Fsp3) is 0.176. The first-order chi connectivity index (χ1) is 11.4. The van der Waals surface area contributed by atoms with Crippen LogP contribution >= 0.6 is 23.2 Å². The van der Waals surface area contributed by atoms with Crippen LogP contribution in [0.5, 0.6) is 17.2 Å². The van der Waals surface area contributed by atoms with Gasteiger partial charge in [-0.3, -0.25) is 0 Å². The Morgan fingerprint density at radius 1 is 1.21 bits per heavy atom. The summed E-state index contributed by atoms with van der Waals surface area (Å²) in [5, 5.41) is 9.59. The van der Waals surface area contributed by atoms with Gasteiger partial charge in [-0.25, -0.2) is 4.79 Å². The molecule has 2 aromatic carbocycles. The molecule has 2 aromatic rings. The van der Waals surface area contributed by atoms with Gasteiger partial charge in [0.2, 0.25) is 0 Å². The molecular weight excluding hydrogens is 353 g/mol. The van der Waals surface area contributed by atoms with Gasteiger partial charge in [-0.1, -0.05) is 23.2 Å². The molecule has 0 heterocycles. The Morgan fingerprint density at radius 2 is 1.96 bits per heavy atom. The third-order valence-electron chi connectivity index (χ3n) is 3.06. The highest BCUT2D eigenvalue weighted by molar-refractivity contribution is 6.32. The molecule has 2 rings (SSSR count). The first-order valence-corrected chi connectivity index (χ1v) is 7.57. The summed E-state index contributed by atoms with van der Waals surface area (Å²) in [7, 11) is 1.39. The van der Waals surface area contributed by atoms with Crippen molar-refractivity contribution in [3.8, 4) is 23.3 Å². The highest BCUT2D eigenvalue weighted by Crippen LogP contribution is 2.36. The zero-order chi connectivity index (χ0) is 17.7. The number of halogens is 2. The number of carbonyl (C=O) groups is 1. The molecule has 124 valence electrons. The van der Waals surface area contributed by atoms with Crippen LogP contribution in [0.2, 0.25) is 10.0 Å². The molecular formula is C17H13Cl2NO4. The number of methoxy groups -OCH3 is 1. The molecule has 0 N–H and O–H groups in total. The van der Waals surface area contributed by atoms with Crippen molar-refractivity contribution in [1.82, 2.24) is 0 Å². The minimum atomic E-state index is -0.658. The lowest BCUT2D eigenvalue weighted by atomic mass is 10.2. The van der Waals surface area contributed by atoms with E-state index in [4.69, 9.17) is 42.7 Å². The predicted molar refractivity (Wildman–Crippen MR) is 90.0 cm³/mol. The smallest absolute Gasteiger partial charge is 0.349 e. The molecule has 0 bridgehead atoms. The molecule has 0 fully saturated rings. The Bertz CT molecular complexity index is 815. The number of nitrogens with zero attached hydrogens (tertiary/aromatic N) is 1. The minimum Gasteiger partial charge on any atom is -0.493 e. The average Bonchev–Trinajstić information content (AvgIpc) is 2.55. The number of benzene rings is 2. The molecule has 0 aliphatic heterocycles. The largest absolute Gasteiger partial charge is 0.493 e. The fourth-order valence-electron chi connectivity index (χ4n) is 1.94. The molecule has 0 aromatic heterocycles. The molecule has 0 saturated heterocycles. The Kier molecular flexibility index (Phi) is 5.91. The van der Waals surface area contributed by atoms with E-state index in [0.29, 0.717) is 16.3 Å². The van der Waals surface area contributed by atoms with E-state index < -0.39 is 5.97 Å². The molecule has 0 unspecified atom stereocenters. The number of hydrogen-bond acceptors (Lipinski definition) is 5. The van der Waals surface area contributed by atoms with Gasteiger partial charge in [0.15, 0.2) is 18.1 Å². The van der Waals surface area contributed by atoms with E-state index in [9.17, 15) is 4.79 Å². The molecule has 0 saturated carbocycles. The number of nitriles is 1. The van der Waals surface area contributed by atoms with Crippen molar-refractivity contribution in [3.63, 3.8) is 0 Å². The number of hydrogen-bond donors (Lipinski definition) is 0. The maximum absolute atomic E-state index is 12.0. The third kappa shape index (κ3) is 4.31. The maximum atomic E-state index is 12.0. The lowest BCUT2D eigenvalue weighted by Crippen LogP contribution is -2.18. The van der Waals surface area contributed by atoms with Crippen molar-refractivity contribution in [2.75, 3.05) is 13.7 Å².